The lowest BCUT2D eigenvalue weighted by Crippen LogP contribution is -2.41. The molecule has 26 heavy (non-hydrogen) atoms. The van der Waals surface area contributed by atoms with E-state index in [2.05, 4.69) is 42.6 Å². The van der Waals surface area contributed by atoms with Gasteiger partial charge in [-0.2, -0.15) is 11.8 Å². The molecule has 1 saturated heterocycles. The fraction of sp³-hybridized carbons (Fsp3) is 0.632. The third-order valence-electron chi connectivity index (χ3n) is 4.63. The zero-order valence-corrected chi connectivity index (χ0v) is 19.4. The van der Waals surface area contributed by atoms with Crippen LogP contribution in [0.5, 0.6) is 5.75 Å². The van der Waals surface area contributed by atoms with Crippen LogP contribution >= 0.6 is 35.7 Å². The average molecular weight is 493 g/mol. The molecular formula is C19H32IN3O2S. The van der Waals surface area contributed by atoms with Gasteiger partial charge in [0, 0.05) is 38.1 Å². The Labute approximate surface area is 179 Å². The van der Waals surface area contributed by atoms with Crippen LogP contribution in [0.4, 0.5) is 0 Å². The highest BCUT2D eigenvalue weighted by Crippen LogP contribution is 2.34. The fourth-order valence-corrected chi connectivity index (χ4v) is 3.71. The molecule has 2 rings (SSSR count). The van der Waals surface area contributed by atoms with Crippen molar-refractivity contribution in [2.75, 3.05) is 46.7 Å². The molecule has 0 aliphatic carbocycles. The van der Waals surface area contributed by atoms with E-state index >= 15 is 0 Å². The van der Waals surface area contributed by atoms with E-state index in [4.69, 9.17) is 14.5 Å². The fourth-order valence-electron chi connectivity index (χ4n) is 2.94. The zero-order valence-electron chi connectivity index (χ0n) is 16.3. The number of methoxy groups -OCH3 is 1. The lowest BCUT2D eigenvalue weighted by atomic mass is 9.99. The van der Waals surface area contributed by atoms with Crippen LogP contribution in [-0.2, 0) is 11.3 Å². The van der Waals surface area contributed by atoms with Gasteiger partial charge in [0.25, 0.3) is 0 Å². The molecule has 0 bridgehead atoms. The minimum Gasteiger partial charge on any atom is -0.497 e. The van der Waals surface area contributed by atoms with E-state index in [1.54, 1.807) is 7.11 Å². The number of halogens is 1. The van der Waals surface area contributed by atoms with E-state index in [1.165, 1.54) is 5.56 Å². The molecule has 0 unspecified atom stereocenters. The smallest absolute Gasteiger partial charge is 0.194 e. The van der Waals surface area contributed by atoms with Crippen molar-refractivity contribution in [2.45, 2.75) is 31.1 Å². The van der Waals surface area contributed by atoms with Gasteiger partial charge in [-0.05, 0) is 43.7 Å². The van der Waals surface area contributed by atoms with E-state index < -0.39 is 0 Å². The molecule has 0 radical (unpaired) electrons. The number of nitrogens with zero attached hydrogens (tertiary/aromatic N) is 2. The van der Waals surface area contributed by atoms with Crippen molar-refractivity contribution in [1.29, 1.82) is 0 Å². The second-order valence-corrected chi connectivity index (χ2v) is 7.65. The summed E-state index contributed by atoms with van der Waals surface area (Å²) < 4.78 is 11.0. The SMILES string of the molecule is CCNC(=NCC1(SC)CCOCC1)N(C)Cc1ccc(OC)cc1.I. The zero-order chi connectivity index (χ0) is 18.1. The number of hydrogen-bond donors (Lipinski definition) is 1. The molecule has 1 fully saturated rings. The van der Waals surface area contributed by atoms with Gasteiger partial charge in [-0.3, -0.25) is 4.99 Å². The monoisotopic (exact) mass is 493 g/mol. The minimum atomic E-state index is 0. The van der Waals surface area contributed by atoms with E-state index in [0.29, 0.717) is 0 Å². The first-order valence-electron chi connectivity index (χ1n) is 8.88. The van der Waals surface area contributed by atoms with Crippen molar-refractivity contribution >= 4 is 41.7 Å². The predicted octanol–water partition coefficient (Wildman–Crippen LogP) is 3.62. The number of guanidine groups is 1. The van der Waals surface area contributed by atoms with Crippen LogP contribution < -0.4 is 10.1 Å². The summed E-state index contributed by atoms with van der Waals surface area (Å²) in [5.41, 5.74) is 1.24. The second-order valence-electron chi connectivity index (χ2n) is 6.37. The van der Waals surface area contributed by atoms with Crippen LogP contribution in [0, 0.1) is 0 Å². The number of thioether (sulfide) groups is 1. The van der Waals surface area contributed by atoms with Crippen molar-refractivity contribution in [2.24, 2.45) is 4.99 Å². The number of benzene rings is 1. The maximum Gasteiger partial charge on any atom is 0.194 e. The Morgan fingerprint density at radius 1 is 1.31 bits per heavy atom. The molecule has 0 saturated carbocycles. The molecule has 1 heterocycles. The molecule has 1 aliphatic heterocycles. The van der Waals surface area contributed by atoms with Crippen LogP contribution in [0.15, 0.2) is 29.3 Å². The van der Waals surface area contributed by atoms with E-state index in [9.17, 15) is 0 Å². The summed E-state index contributed by atoms with van der Waals surface area (Å²) in [6.45, 7) is 6.29. The molecule has 0 atom stereocenters. The third-order valence-corrected chi connectivity index (χ3v) is 6.03. The molecule has 0 aromatic heterocycles. The van der Waals surface area contributed by atoms with Crippen molar-refractivity contribution < 1.29 is 9.47 Å². The standard InChI is InChI=1S/C19H31N3O2S.HI/c1-5-20-18(21-15-19(25-4)10-12-24-13-11-19)22(2)14-16-6-8-17(23-3)9-7-16;/h6-9H,5,10-15H2,1-4H3,(H,20,21);1H. The first kappa shape index (κ1) is 23.4. The predicted molar refractivity (Wildman–Crippen MR) is 122 cm³/mol. The van der Waals surface area contributed by atoms with Gasteiger partial charge in [-0.1, -0.05) is 12.1 Å². The maximum absolute atomic E-state index is 5.53. The third kappa shape index (κ3) is 6.81. The van der Waals surface area contributed by atoms with Gasteiger partial charge in [0.05, 0.1) is 13.7 Å². The van der Waals surface area contributed by atoms with Gasteiger partial charge in [-0.15, -0.1) is 24.0 Å². The van der Waals surface area contributed by atoms with Crippen LogP contribution in [0.1, 0.15) is 25.3 Å². The van der Waals surface area contributed by atoms with Crippen molar-refractivity contribution in [3.05, 3.63) is 29.8 Å². The van der Waals surface area contributed by atoms with Crippen molar-refractivity contribution in [3.8, 4) is 5.75 Å². The Balaban J connectivity index is 0.00000338. The molecule has 0 spiro atoms. The second kappa shape index (κ2) is 11.9. The molecule has 5 nitrogen and oxygen atoms in total. The summed E-state index contributed by atoms with van der Waals surface area (Å²) in [6, 6.07) is 8.19. The Morgan fingerprint density at radius 3 is 2.50 bits per heavy atom. The molecule has 148 valence electrons. The summed E-state index contributed by atoms with van der Waals surface area (Å²) in [7, 11) is 3.77. The summed E-state index contributed by atoms with van der Waals surface area (Å²) in [5.74, 6) is 1.84. The quantitative estimate of drug-likeness (QED) is 0.357. The number of nitrogens with one attached hydrogen (secondary N) is 1. The summed E-state index contributed by atoms with van der Waals surface area (Å²) >= 11 is 1.93. The van der Waals surface area contributed by atoms with Crippen molar-refractivity contribution in [3.63, 3.8) is 0 Å². The van der Waals surface area contributed by atoms with Gasteiger partial charge in [0.1, 0.15) is 5.75 Å². The Bertz CT molecular complexity index is 548. The molecule has 1 aromatic rings. The average Bonchev–Trinajstić information content (AvgIpc) is 2.66. The number of aliphatic imine (C=N–C) groups is 1. The lowest BCUT2D eigenvalue weighted by molar-refractivity contribution is 0.0793. The Morgan fingerprint density at radius 2 is 1.96 bits per heavy atom. The van der Waals surface area contributed by atoms with Crippen LogP contribution in [0.3, 0.4) is 0 Å². The minimum absolute atomic E-state index is 0. The topological polar surface area (TPSA) is 46.1 Å². The maximum atomic E-state index is 5.53. The molecular weight excluding hydrogens is 461 g/mol. The molecule has 1 aromatic carbocycles. The number of hydrogen-bond acceptors (Lipinski definition) is 4. The number of rotatable bonds is 7. The normalized spacial score (nSPS) is 16.5. The molecule has 1 N–H and O–H groups in total. The van der Waals surface area contributed by atoms with Gasteiger partial charge in [-0.25, -0.2) is 0 Å². The van der Waals surface area contributed by atoms with E-state index in [-0.39, 0.29) is 28.7 Å². The van der Waals surface area contributed by atoms with Gasteiger partial charge in [0.2, 0.25) is 0 Å². The first-order chi connectivity index (χ1) is 12.1. The highest BCUT2D eigenvalue weighted by molar-refractivity contribution is 14.0. The van der Waals surface area contributed by atoms with Crippen LogP contribution in [0.2, 0.25) is 0 Å². The highest BCUT2D eigenvalue weighted by atomic mass is 127. The lowest BCUT2D eigenvalue weighted by Gasteiger charge is -2.34. The Kier molecular flexibility index (Phi) is 10.7. The summed E-state index contributed by atoms with van der Waals surface area (Å²) in [6.07, 6.45) is 4.33. The Hall–Kier alpha value is -0.670. The van der Waals surface area contributed by atoms with Crippen LogP contribution in [-0.4, -0.2) is 62.3 Å². The van der Waals surface area contributed by atoms with E-state index in [1.807, 2.05) is 23.9 Å². The van der Waals surface area contributed by atoms with Gasteiger partial charge >= 0.3 is 0 Å². The first-order valence-corrected chi connectivity index (χ1v) is 10.1. The molecule has 1 aliphatic rings. The summed E-state index contributed by atoms with van der Waals surface area (Å²) in [4.78, 5) is 7.12. The van der Waals surface area contributed by atoms with Crippen LogP contribution in [0.25, 0.3) is 0 Å². The summed E-state index contributed by atoms with van der Waals surface area (Å²) in [5, 5.41) is 3.42. The van der Waals surface area contributed by atoms with Gasteiger partial charge < -0.3 is 19.7 Å². The largest absolute Gasteiger partial charge is 0.497 e. The van der Waals surface area contributed by atoms with Crippen molar-refractivity contribution in [1.82, 2.24) is 10.2 Å². The molecule has 0 amide bonds. The van der Waals surface area contributed by atoms with Gasteiger partial charge in [0.15, 0.2) is 5.96 Å². The van der Waals surface area contributed by atoms with E-state index in [0.717, 1.165) is 57.4 Å². The molecule has 7 heteroatoms. The highest BCUT2D eigenvalue weighted by Gasteiger charge is 2.31. The number of ether oxygens (including phenoxy) is 2.